The zero-order valence-corrected chi connectivity index (χ0v) is 21.6. The van der Waals surface area contributed by atoms with Gasteiger partial charge in [0.2, 0.25) is 5.91 Å². The number of primary amides is 1. The highest BCUT2D eigenvalue weighted by atomic mass is 127. The average molecular weight is 546 g/mol. The van der Waals surface area contributed by atoms with Crippen molar-refractivity contribution >= 4 is 35.8 Å². The smallest absolute Gasteiger partial charge is 0.220 e. The Morgan fingerprint density at radius 1 is 1.23 bits per heavy atom. The van der Waals surface area contributed by atoms with E-state index in [9.17, 15) is 4.79 Å². The van der Waals surface area contributed by atoms with E-state index in [1.807, 2.05) is 6.92 Å². The lowest BCUT2D eigenvalue weighted by Gasteiger charge is -2.30. The lowest BCUT2D eigenvalue weighted by molar-refractivity contribution is -0.123. The van der Waals surface area contributed by atoms with Gasteiger partial charge in [-0.15, -0.1) is 24.0 Å². The number of nitrogens with one attached hydrogen (secondary N) is 2. The Labute approximate surface area is 204 Å². The van der Waals surface area contributed by atoms with Crippen molar-refractivity contribution in [1.82, 2.24) is 15.5 Å². The Hall–Kier alpha value is -1.55. The average Bonchev–Trinajstić information content (AvgIpc) is 2.73. The first-order valence-electron chi connectivity index (χ1n) is 11.3. The first-order valence-corrected chi connectivity index (χ1v) is 11.3. The van der Waals surface area contributed by atoms with Crippen LogP contribution in [0.25, 0.3) is 0 Å². The Balaban J connectivity index is 0.00000480. The highest BCUT2D eigenvalue weighted by Crippen LogP contribution is 2.21. The predicted molar refractivity (Wildman–Crippen MR) is 138 cm³/mol. The molecule has 1 aliphatic rings. The molecule has 7 nitrogen and oxygen atoms in total. The van der Waals surface area contributed by atoms with Crippen molar-refractivity contribution in [3.63, 3.8) is 0 Å². The summed E-state index contributed by atoms with van der Waals surface area (Å²) in [7, 11) is 0. The molecule has 176 valence electrons. The van der Waals surface area contributed by atoms with Gasteiger partial charge in [0, 0.05) is 24.6 Å². The number of carbonyl (C=O) groups is 1. The minimum Gasteiger partial charge on any atom is -0.494 e. The number of rotatable bonds is 11. The topological polar surface area (TPSA) is 92.0 Å². The zero-order valence-electron chi connectivity index (χ0n) is 19.3. The Kier molecular flexibility index (Phi) is 13.6. The summed E-state index contributed by atoms with van der Waals surface area (Å²) in [5.41, 5.74) is 7.69. The fraction of sp³-hybridized carbons (Fsp3) is 0.652. The lowest BCUT2D eigenvalue weighted by Crippen LogP contribution is -2.39. The van der Waals surface area contributed by atoms with Gasteiger partial charge in [0.1, 0.15) is 5.75 Å². The first kappa shape index (κ1) is 27.5. The van der Waals surface area contributed by atoms with E-state index < -0.39 is 0 Å². The van der Waals surface area contributed by atoms with Crippen LogP contribution in [0.4, 0.5) is 0 Å². The maximum Gasteiger partial charge on any atom is 0.220 e. The predicted octanol–water partition coefficient (Wildman–Crippen LogP) is 3.04. The van der Waals surface area contributed by atoms with Gasteiger partial charge in [0.15, 0.2) is 5.96 Å². The minimum atomic E-state index is -0.145. The van der Waals surface area contributed by atoms with Crippen molar-refractivity contribution in [2.24, 2.45) is 16.6 Å². The fourth-order valence-electron chi connectivity index (χ4n) is 3.70. The number of likely N-dealkylation sites (tertiary alicyclic amines) is 1. The summed E-state index contributed by atoms with van der Waals surface area (Å²) in [5.74, 6) is 1.67. The monoisotopic (exact) mass is 545 g/mol. The van der Waals surface area contributed by atoms with Crippen LogP contribution in [0.3, 0.4) is 0 Å². The molecule has 0 bridgehead atoms. The number of halogens is 1. The summed E-state index contributed by atoms with van der Waals surface area (Å²) < 4.78 is 5.76. The van der Waals surface area contributed by atoms with Gasteiger partial charge < -0.3 is 26.0 Å². The van der Waals surface area contributed by atoms with E-state index >= 15 is 0 Å². The number of piperidine rings is 1. The van der Waals surface area contributed by atoms with Gasteiger partial charge in [-0.1, -0.05) is 12.1 Å². The van der Waals surface area contributed by atoms with Crippen LogP contribution < -0.4 is 21.1 Å². The van der Waals surface area contributed by atoms with Crippen LogP contribution in [0.5, 0.6) is 5.75 Å². The third kappa shape index (κ3) is 10.1. The molecule has 0 unspecified atom stereocenters. The molecule has 1 aromatic carbocycles. The van der Waals surface area contributed by atoms with Gasteiger partial charge in [0.25, 0.3) is 0 Å². The van der Waals surface area contributed by atoms with Crippen LogP contribution in [0.2, 0.25) is 0 Å². The number of aryl methyl sites for hydroxylation is 1. The third-order valence-electron chi connectivity index (χ3n) is 5.46. The van der Waals surface area contributed by atoms with Gasteiger partial charge >= 0.3 is 0 Å². The number of nitrogens with zero attached hydrogens (tertiary/aromatic N) is 2. The second-order valence-corrected chi connectivity index (χ2v) is 7.89. The highest BCUT2D eigenvalue weighted by Gasteiger charge is 2.22. The van der Waals surface area contributed by atoms with E-state index in [2.05, 4.69) is 47.6 Å². The van der Waals surface area contributed by atoms with Gasteiger partial charge in [0.05, 0.1) is 13.2 Å². The molecular weight excluding hydrogens is 505 g/mol. The van der Waals surface area contributed by atoms with Crippen LogP contribution in [0, 0.1) is 12.8 Å². The molecule has 1 aliphatic heterocycles. The fourth-order valence-corrected chi connectivity index (χ4v) is 3.70. The molecule has 1 heterocycles. The lowest BCUT2D eigenvalue weighted by atomic mass is 9.96. The molecular formula is C23H40IN5O2. The van der Waals surface area contributed by atoms with Crippen LogP contribution in [-0.2, 0) is 11.3 Å². The quantitative estimate of drug-likeness (QED) is 0.172. The van der Waals surface area contributed by atoms with Crippen molar-refractivity contribution in [3.8, 4) is 5.75 Å². The van der Waals surface area contributed by atoms with Crippen LogP contribution >= 0.6 is 24.0 Å². The number of benzene rings is 1. The standard InChI is InChI=1S/C23H39N5O2.HI/c1-4-25-23(27-17-20-9-8-18(3)16-21(20)30-5-2)26-12-6-7-13-28-14-10-19(11-15-28)22(24)29;/h8-9,16,19H,4-7,10-15,17H2,1-3H3,(H2,24,29)(H2,25,26,27);1H. The molecule has 0 aromatic heterocycles. The molecule has 0 radical (unpaired) electrons. The van der Waals surface area contributed by atoms with Crippen LogP contribution in [-0.4, -0.2) is 56.1 Å². The van der Waals surface area contributed by atoms with Crippen molar-refractivity contribution in [2.75, 3.05) is 39.3 Å². The number of amides is 1. The summed E-state index contributed by atoms with van der Waals surface area (Å²) in [5, 5.41) is 6.75. The summed E-state index contributed by atoms with van der Waals surface area (Å²) in [6, 6.07) is 6.26. The van der Waals surface area contributed by atoms with Gasteiger partial charge in [-0.2, -0.15) is 0 Å². The molecule has 1 fully saturated rings. The Morgan fingerprint density at radius 2 is 1.97 bits per heavy atom. The molecule has 1 aromatic rings. The highest BCUT2D eigenvalue weighted by molar-refractivity contribution is 14.0. The number of ether oxygens (including phenoxy) is 1. The number of hydrogen-bond acceptors (Lipinski definition) is 4. The zero-order chi connectivity index (χ0) is 21.8. The van der Waals surface area contributed by atoms with Gasteiger partial charge in [-0.3, -0.25) is 4.79 Å². The molecule has 1 saturated heterocycles. The number of hydrogen-bond donors (Lipinski definition) is 3. The summed E-state index contributed by atoms with van der Waals surface area (Å²) in [4.78, 5) is 18.4. The molecule has 1 amide bonds. The van der Waals surface area contributed by atoms with Crippen molar-refractivity contribution in [3.05, 3.63) is 29.3 Å². The van der Waals surface area contributed by atoms with Crippen molar-refractivity contribution in [2.45, 2.75) is 53.0 Å². The Morgan fingerprint density at radius 3 is 2.61 bits per heavy atom. The molecule has 0 atom stereocenters. The first-order chi connectivity index (χ1) is 14.5. The number of nitrogens with two attached hydrogens (primary N) is 1. The van der Waals surface area contributed by atoms with Gasteiger partial charge in [-0.25, -0.2) is 4.99 Å². The second-order valence-electron chi connectivity index (χ2n) is 7.89. The summed E-state index contributed by atoms with van der Waals surface area (Å²) in [6.45, 7) is 12.1. The van der Waals surface area contributed by atoms with E-state index in [0.717, 1.165) is 75.7 Å². The summed E-state index contributed by atoms with van der Waals surface area (Å²) in [6.07, 6.45) is 4.00. The van der Waals surface area contributed by atoms with E-state index in [4.69, 9.17) is 15.5 Å². The maximum atomic E-state index is 11.3. The molecule has 0 spiro atoms. The molecule has 31 heavy (non-hydrogen) atoms. The SMILES string of the molecule is CCNC(=NCc1ccc(C)cc1OCC)NCCCCN1CCC(C(N)=O)CC1.I. The number of unbranched alkanes of at least 4 members (excludes halogenated alkanes) is 1. The van der Waals surface area contributed by atoms with E-state index in [-0.39, 0.29) is 35.8 Å². The molecule has 4 N–H and O–H groups in total. The minimum absolute atomic E-state index is 0. The van der Waals surface area contributed by atoms with E-state index in [1.165, 1.54) is 5.56 Å². The van der Waals surface area contributed by atoms with Crippen LogP contribution in [0.1, 0.15) is 50.7 Å². The molecule has 8 heteroatoms. The Bertz CT molecular complexity index is 691. The number of guanidine groups is 1. The molecule has 0 saturated carbocycles. The van der Waals surface area contributed by atoms with Gasteiger partial charge in [-0.05, 0) is 77.7 Å². The normalized spacial score (nSPS) is 15.3. The maximum absolute atomic E-state index is 11.3. The van der Waals surface area contributed by atoms with Crippen molar-refractivity contribution in [1.29, 1.82) is 0 Å². The number of aliphatic imine (C=N–C) groups is 1. The van der Waals surface area contributed by atoms with Crippen LogP contribution in [0.15, 0.2) is 23.2 Å². The second kappa shape index (κ2) is 15.3. The van der Waals surface area contributed by atoms with E-state index in [0.29, 0.717) is 13.2 Å². The largest absolute Gasteiger partial charge is 0.494 e. The van der Waals surface area contributed by atoms with E-state index in [1.54, 1.807) is 0 Å². The molecule has 2 rings (SSSR count). The summed E-state index contributed by atoms with van der Waals surface area (Å²) >= 11 is 0. The number of carbonyl (C=O) groups excluding carboxylic acids is 1. The molecule has 0 aliphatic carbocycles. The van der Waals surface area contributed by atoms with Crippen molar-refractivity contribution < 1.29 is 9.53 Å². The third-order valence-corrected chi connectivity index (χ3v) is 5.46.